The number of aliphatic carboxylic acids is 1. The number of hydrogen-bond acceptors (Lipinski definition) is 3. The van der Waals surface area contributed by atoms with Crippen molar-refractivity contribution in [2.24, 2.45) is 5.92 Å². The van der Waals surface area contributed by atoms with Gasteiger partial charge in [-0.05, 0) is 42.9 Å². The quantitative estimate of drug-likeness (QED) is 0.635. The predicted octanol–water partition coefficient (Wildman–Crippen LogP) is 3.33. The van der Waals surface area contributed by atoms with Crippen LogP contribution in [-0.4, -0.2) is 29.4 Å². The lowest BCUT2D eigenvalue weighted by atomic mass is 10.0. The zero-order valence-electron chi connectivity index (χ0n) is 15.0. The number of carbonyl (C=O) groups excluding carboxylic acids is 1. The third kappa shape index (κ3) is 6.89. The second-order valence-corrected chi connectivity index (χ2v) is 6.62. The Morgan fingerprint density at radius 1 is 1.04 bits per heavy atom. The topological polar surface area (TPSA) is 87.7 Å². The highest BCUT2D eigenvalue weighted by Gasteiger charge is 2.21. The van der Waals surface area contributed by atoms with Gasteiger partial charge in [0.05, 0.1) is 0 Å². The normalized spacial score (nSPS) is 13.5. The van der Waals surface area contributed by atoms with E-state index in [1.807, 2.05) is 38.1 Å². The van der Waals surface area contributed by atoms with Crippen LogP contribution in [0.5, 0.6) is 5.75 Å². The largest absolute Gasteiger partial charge is 0.480 e. The minimum absolute atomic E-state index is 0.166. The summed E-state index contributed by atoms with van der Waals surface area (Å²) in [6, 6.07) is 6.19. The van der Waals surface area contributed by atoms with Gasteiger partial charge < -0.3 is 20.5 Å². The Morgan fingerprint density at radius 2 is 1.62 bits per heavy atom. The van der Waals surface area contributed by atoms with Crippen molar-refractivity contribution in [2.75, 3.05) is 0 Å². The highest BCUT2D eigenvalue weighted by atomic mass is 16.5. The van der Waals surface area contributed by atoms with E-state index in [0.29, 0.717) is 18.1 Å². The van der Waals surface area contributed by atoms with Gasteiger partial charge in [-0.15, -0.1) is 0 Å². The summed E-state index contributed by atoms with van der Waals surface area (Å²) in [4.78, 5) is 23.1. The lowest BCUT2D eigenvalue weighted by molar-refractivity contribution is -0.139. The number of ether oxygens (including phenoxy) is 1. The molecular formula is C18H28N2O4. The van der Waals surface area contributed by atoms with E-state index in [0.717, 1.165) is 0 Å². The van der Waals surface area contributed by atoms with Crippen LogP contribution in [0, 0.1) is 5.92 Å². The third-order valence-electron chi connectivity index (χ3n) is 3.50. The fourth-order valence-electron chi connectivity index (χ4n) is 2.24. The molecule has 2 amide bonds. The molecule has 0 aliphatic carbocycles. The van der Waals surface area contributed by atoms with Crippen molar-refractivity contribution in [3.8, 4) is 5.75 Å². The van der Waals surface area contributed by atoms with Crippen LogP contribution in [0.2, 0.25) is 0 Å². The van der Waals surface area contributed by atoms with Gasteiger partial charge in [0.2, 0.25) is 0 Å². The van der Waals surface area contributed by atoms with E-state index in [2.05, 4.69) is 24.5 Å². The van der Waals surface area contributed by atoms with Crippen LogP contribution in [0.15, 0.2) is 24.3 Å². The molecular weight excluding hydrogens is 308 g/mol. The number of hydrogen-bond donors (Lipinski definition) is 3. The second-order valence-electron chi connectivity index (χ2n) is 6.62. The van der Waals surface area contributed by atoms with Crippen molar-refractivity contribution in [2.45, 2.75) is 59.2 Å². The Labute approximate surface area is 143 Å². The molecule has 0 aliphatic heterocycles. The summed E-state index contributed by atoms with van der Waals surface area (Å²) >= 11 is 0. The summed E-state index contributed by atoms with van der Waals surface area (Å²) < 4.78 is 5.62. The van der Waals surface area contributed by atoms with Gasteiger partial charge >= 0.3 is 12.0 Å². The van der Waals surface area contributed by atoms with Gasteiger partial charge in [-0.1, -0.05) is 39.8 Å². The van der Waals surface area contributed by atoms with E-state index in [4.69, 9.17) is 9.84 Å². The van der Waals surface area contributed by atoms with Gasteiger partial charge in [0.25, 0.3) is 0 Å². The van der Waals surface area contributed by atoms with E-state index in [9.17, 15) is 9.59 Å². The number of urea groups is 1. The van der Waals surface area contributed by atoms with E-state index in [1.165, 1.54) is 5.56 Å². The molecule has 6 heteroatoms. The first-order chi connectivity index (χ1) is 11.2. The fraction of sp³-hybridized carbons (Fsp3) is 0.556. The first-order valence-electron chi connectivity index (χ1n) is 8.25. The first kappa shape index (κ1) is 19.8. The first-order valence-corrected chi connectivity index (χ1v) is 8.25. The Morgan fingerprint density at radius 3 is 2.08 bits per heavy atom. The molecule has 2 atom stereocenters. The smallest absolute Gasteiger partial charge is 0.326 e. The summed E-state index contributed by atoms with van der Waals surface area (Å²) in [5.74, 6) is 0.203. The maximum Gasteiger partial charge on any atom is 0.326 e. The number of amides is 2. The van der Waals surface area contributed by atoms with E-state index >= 15 is 0 Å². The van der Waals surface area contributed by atoms with E-state index in [1.54, 1.807) is 6.92 Å². The average Bonchev–Trinajstić information content (AvgIpc) is 2.46. The number of carboxylic acids is 1. The summed E-state index contributed by atoms with van der Waals surface area (Å²) in [5.41, 5.74) is 1.21. The molecule has 0 spiro atoms. The van der Waals surface area contributed by atoms with Gasteiger partial charge in [-0.25, -0.2) is 9.59 Å². The van der Waals surface area contributed by atoms with Crippen molar-refractivity contribution < 1.29 is 19.4 Å². The predicted molar refractivity (Wildman–Crippen MR) is 93.2 cm³/mol. The fourth-order valence-corrected chi connectivity index (χ4v) is 2.24. The van der Waals surface area contributed by atoms with Crippen LogP contribution in [0.4, 0.5) is 4.79 Å². The molecule has 134 valence electrons. The van der Waals surface area contributed by atoms with Crippen molar-refractivity contribution >= 4 is 12.0 Å². The third-order valence-corrected chi connectivity index (χ3v) is 3.50. The van der Waals surface area contributed by atoms with Crippen LogP contribution in [0.1, 0.15) is 52.5 Å². The average molecular weight is 336 g/mol. The van der Waals surface area contributed by atoms with Crippen molar-refractivity contribution in [1.82, 2.24) is 10.6 Å². The summed E-state index contributed by atoms with van der Waals surface area (Å²) in [5, 5.41) is 14.2. The maximum atomic E-state index is 11.9. The van der Waals surface area contributed by atoms with Gasteiger partial charge in [-0.2, -0.15) is 0 Å². The lowest BCUT2D eigenvalue weighted by Gasteiger charge is -2.20. The Balaban J connectivity index is 2.52. The summed E-state index contributed by atoms with van der Waals surface area (Å²) in [6.45, 7) is 9.72. The molecule has 0 aliphatic rings. The summed E-state index contributed by atoms with van der Waals surface area (Å²) in [7, 11) is 0. The molecule has 2 unspecified atom stereocenters. The van der Waals surface area contributed by atoms with Crippen molar-refractivity contribution in [1.29, 1.82) is 0 Å². The van der Waals surface area contributed by atoms with Crippen LogP contribution >= 0.6 is 0 Å². The van der Waals surface area contributed by atoms with E-state index in [-0.39, 0.29) is 5.92 Å². The second kappa shape index (κ2) is 9.15. The lowest BCUT2D eigenvalue weighted by Crippen LogP contribution is -2.50. The zero-order valence-corrected chi connectivity index (χ0v) is 15.0. The van der Waals surface area contributed by atoms with Gasteiger partial charge in [0, 0.05) is 0 Å². The highest BCUT2D eigenvalue weighted by Crippen LogP contribution is 2.19. The number of carbonyl (C=O) groups is 2. The van der Waals surface area contributed by atoms with E-state index < -0.39 is 24.3 Å². The number of nitrogens with one attached hydrogen (secondary N) is 2. The molecule has 0 saturated carbocycles. The Bertz CT molecular complexity index is 540. The highest BCUT2D eigenvalue weighted by molar-refractivity contribution is 5.82. The summed E-state index contributed by atoms with van der Waals surface area (Å²) in [6.07, 6.45) is -0.210. The van der Waals surface area contributed by atoms with Gasteiger partial charge in [0.15, 0.2) is 6.23 Å². The minimum Gasteiger partial charge on any atom is -0.480 e. The standard InChI is InChI=1S/C18H28N2O4/c1-11(2)10-16(17(21)22)20-18(23)19-13(5)24-15-8-6-14(7-9-15)12(3)4/h6-9,11-13,16H,10H2,1-5H3,(H,21,22)(H2,19,20,23). The Hall–Kier alpha value is -2.24. The van der Waals surface area contributed by atoms with Crippen molar-refractivity contribution in [3.63, 3.8) is 0 Å². The number of rotatable bonds is 8. The van der Waals surface area contributed by atoms with Crippen LogP contribution < -0.4 is 15.4 Å². The van der Waals surface area contributed by atoms with Crippen LogP contribution in [0.25, 0.3) is 0 Å². The van der Waals surface area contributed by atoms with Crippen molar-refractivity contribution in [3.05, 3.63) is 29.8 Å². The monoisotopic (exact) mass is 336 g/mol. The van der Waals surface area contributed by atoms with Gasteiger partial charge in [-0.3, -0.25) is 0 Å². The molecule has 24 heavy (non-hydrogen) atoms. The number of carboxylic acid groups (broad SMARTS) is 1. The molecule has 1 aromatic carbocycles. The van der Waals surface area contributed by atoms with Crippen LogP contribution in [-0.2, 0) is 4.79 Å². The van der Waals surface area contributed by atoms with Crippen LogP contribution in [0.3, 0.4) is 0 Å². The molecule has 1 rings (SSSR count). The maximum absolute atomic E-state index is 11.9. The molecule has 0 radical (unpaired) electrons. The SMILES string of the molecule is CC(C)CC(NC(=O)NC(C)Oc1ccc(C(C)C)cc1)C(=O)O. The molecule has 0 bridgehead atoms. The Kier molecular flexibility index (Phi) is 7.55. The molecule has 1 aromatic rings. The molecule has 0 saturated heterocycles. The molecule has 0 heterocycles. The van der Waals surface area contributed by atoms with Gasteiger partial charge in [0.1, 0.15) is 11.8 Å². The minimum atomic E-state index is -1.04. The molecule has 3 N–H and O–H groups in total. The number of benzene rings is 1. The zero-order chi connectivity index (χ0) is 18.3. The molecule has 6 nitrogen and oxygen atoms in total. The molecule has 0 fully saturated rings. The molecule has 0 aromatic heterocycles.